The Morgan fingerprint density at radius 2 is 1.95 bits per heavy atom. The minimum atomic E-state index is -3.20. The summed E-state index contributed by atoms with van der Waals surface area (Å²) in [6.45, 7) is 1.47. The summed E-state index contributed by atoms with van der Waals surface area (Å²) in [5.41, 5.74) is 0.934. The van der Waals surface area contributed by atoms with Gasteiger partial charge in [-0.25, -0.2) is 8.42 Å². The zero-order valence-electron chi connectivity index (χ0n) is 11.8. The maximum Gasteiger partial charge on any atom is 0.309 e. The lowest BCUT2D eigenvalue weighted by molar-refractivity contribution is -0.148. The molecule has 1 aromatic rings. The van der Waals surface area contributed by atoms with Crippen LogP contribution in [0.25, 0.3) is 0 Å². The van der Waals surface area contributed by atoms with Crippen LogP contribution in [0.15, 0.2) is 29.2 Å². The summed E-state index contributed by atoms with van der Waals surface area (Å²) in [7, 11) is -3.20. The van der Waals surface area contributed by atoms with E-state index in [2.05, 4.69) is 0 Å². The largest absolute Gasteiger partial charge is 0.481 e. The molecule has 2 N–H and O–H groups in total. The summed E-state index contributed by atoms with van der Waals surface area (Å²) in [4.78, 5) is 13.2. The fraction of sp³-hybridized carbons (Fsp3) is 0.500. The molecule has 0 unspecified atom stereocenters. The van der Waals surface area contributed by atoms with Crippen molar-refractivity contribution in [3.8, 4) is 0 Å². The number of β-amino-alcohol motifs (C(OH)–C–C–N with tert-alkyl or cyclic N) is 1. The molecule has 0 amide bonds. The number of benzene rings is 1. The Balaban J connectivity index is 1.99. The summed E-state index contributed by atoms with van der Waals surface area (Å²) < 4.78 is 22.8. The van der Waals surface area contributed by atoms with Gasteiger partial charge >= 0.3 is 5.97 Å². The number of carbonyl (C=O) groups is 1. The van der Waals surface area contributed by atoms with Crippen molar-refractivity contribution in [1.82, 2.24) is 4.90 Å². The topological polar surface area (TPSA) is 94.9 Å². The lowest BCUT2D eigenvalue weighted by Gasteiger charge is -2.33. The Morgan fingerprint density at radius 1 is 1.33 bits per heavy atom. The summed E-state index contributed by atoms with van der Waals surface area (Å²) in [5.74, 6) is -1.66. The first-order valence-corrected chi connectivity index (χ1v) is 8.59. The van der Waals surface area contributed by atoms with Gasteiger partial charge in [0.25, 0.3) is 0 Å². The van der Waals surface area contributed by atoms with E-state index in [1.807, 2.05) is 4.90 Å². The van der Waals surface area contributed by atoms with Gasteiger partial charge in [0.2, 0.25) is 0 Å². The van der Waals surface area contributed by atoms with Gasteiger partial charge in [-0.05, 0) is 30.7 Å². The van der Waals surface area contributed by atoms with Crippen LogP contribution in [-0.2, 0) is 21.2 Å². The van der Waals surface area contributed by atoms with Gasteiger partial charge in [0, 0.05) is 19.3 Å². The molecule has 2 atom stereocenters. The molecule has 0 spiro atoms. The third-order valence-electron chi connectivity index (χ3n) is 3.74. The first-order valence-electron chi connectivity index (χ1n) is 6.69. The van der Waals surface area contributed by atoms with E-state index >= 15 is 0 Å². The smallest absolute Gasteiger partial charge is 0.309 e. The van der Waals surface area contributed by atoms with Crippen LogP contribution in [0.3, 0.4) is 0 Å². The van der Waals surface area contributed by atoms with E-state index in [-0.39, 0.29) is 4.90 Å². The Labute approximate surface area is 123 Å². The summed E-state index contributed by atoms with van der Waals surface area (Å²) in [6.07, 6.45) is 0.707. The van der Waals surface area contributed by atoms with Gasteiger partial charge in [0.1, 0.15) is 0 Å². The first kappa shape index (κ1) is 15.9. The van der Waals surface area contributed by atoms with Crippen molar-refractivity contribution < 1.29 is 23.4 Å². The van der Waals surface area contributed by atoms with Gasteiger partial charge in [-0.3, -0.25) is 9.69 Å². The van der Waals surface area contributed by atoms with E-state index in [1.54, 1.807) is 24.3 Å². The van der Waals surface area contributed by atoms with Crippen molar-refractivity contribution in [2.24, 2.45) is 5.92 Å². The van der Waals surface area contributed by atoms with Crippen LogP contribution in [0.4, 0.5) is 0 Å². The number of sulfone groups is 1. The third kappa shape index (κ3) is 4.03. The number of hydrogen-bond acceptors (Lipinski definition) is 5. The number of aliphatic hydroxyl groups excluding tert-OH is 1. The molecule has 116 valence electrons. The Hall–Kier alpha value is -1.44. The highest BCUT2D eigenvalue weighted by molar-refractivity contribution is 7.90. The molecule has 0 saturated carbocycles. The zero-order chi connectivity index (χ0) is 15.6. The number of carboxylic acids is 1. The molecule has 2 rings (SSSR count). The molecule has 6 nitrogen and oxygen atoms in total. The average Bonchev–Trinajstić information content (AvgIpc) is 2.38. The maximum absolute atomic E-state index is 11.4. The van der Waals surface area contributed by atoms with Crippen LogP contribution in [0.2, 0.25) is 0 Å². The van der Waals surface area contributed by atoms with Crippen LogP contribution >= 0.6 is 0 Å². The van der Waals surface area contributed by atoms with Gasteiger partial charge in [-0.1, -0.05) is 12.1 Å². The Morgan fingerprint density at radius 3 is 2.43 bits per heavy atom. The second-order valence-electron chi connectivity index (χ2n) is 5.45. The fourth-order valence-electron chi connectivity index (χ4n) is 2.53. The minimum absolute atomic E-state index is 0.274. The van der Waals surface area contributed by atoms with Crippen LogP contribution in [0.1, 0.15) is 12.0 Å². The van der Waals surface area contributed by atoms with Crippen molar-refractivity contribution in [3.05, 3.63) is 29.8 Å². The summed E-state index contributed by atoms with van der Waals surface area (Å²) in [5, 5.41) is 18.8. The molecule has 7 heteroatoms. The molecule has 1 saturated heterocycles. The number of aliphatic hydroxyl groups is 1. The number of likely N-dealkylation sites (tertiary alicyclic amines) is 1. The van der Waals surface area contributed by atoms with Crippen molar-refractivity contribution in [2.45, 2.75) is 24.0 Å². The lowest BCUT2D eigenvalue weighted by Crippen LogP contribution is -2.46. The molecule has 0 aromatic heterocycles. The lowest BCUT2D eigenvalue weighted by atomic mass is 9.94. The van der Waals surface area contributed by atoms with Gasteiger partial charge in [-0.15, -0.1) is 0 Å². The molecule has 1 aromatic carbocycles. The predicted octanol–water partition coefficient (Wildman–Crippen LogP) is 0.357. The number of aliphatic carboxylic acids is 1. The second kappa shape index (κ2) is 6.13. The van der Waals surface area contributed by atoms with Crippen molar-refractivity contribution in [1.29, 1.82) is 0 Å². The number of piperidine rings is 1. The van der Waals surface area contributed by atoms with E-state index in [0.29, 0.717) is 26.1 Å². The molecule has 1 aliphatic heterocycles. The molecule has 1 fully saturated rings. The van der Waals surface area contributed by atoms with E-state index in [9.17, 15) is 18.3 Å². The highest BCUT2D eigenvalue weighted by Crippen LogP contribution is 2.20. The standard InChI is InChI=1S/C14H19NO5S/c1-21(19,20)11-4-2-10(3-5-11)8-15-7-6-12(14(17)18)13(16)9-15/h2-5,12-13,16H,6-9H2,1H3,(H,17,18)/t12-,13+/m0/s1. The molecule has 0 radical (unpaired) electrons. The molecule has 1 heterocycles. The highest BCUT2D eigenvalue weighted by Gasteiger charge is 2.32. The van der Waals surface area contributed by atoms with Crippen LogP contribution in [-0.4, -0.2) is 54.9 Å². The second-order valence-corrected chi connectivity index (χ2v) is 7.47. The summed E-state index contributed by atoms with van der Waals surface area (Å²) >= 11 is 0. The van der Waals surface area contributed by atoms with Gasteiger partial charge in [0.05, 0.1) is 16.9 Å². The van der Waals surface area contributed by atoms with Gasteiger partial charge < -0.3 is 10.2 Å². The van der Waals surface area contributed by atoms with E-state index in [4.69, 9.17) is 5.11 Å². The highest BCUT2D eigenvalue weighted by atomic mass is 32.2. The van der Waals surface area contributed by atoms with E-state index in [0.717, 1.165) is 11.8 Å². The number of nitrogens with zero attached hydrogens (tertiary/aromatic N) is 1. The van der Waals surface area contributed by atoms with Crippen molar-refractivity contribution in [3.63, 3.8) is 0 Å². The monoisotopic (exact) mass is 313 g/mol. The summed E-state index contributed by atoms with van der Waals surface area (Å²) in [6, 6.07) is 6.61. The molecule has 0 bridgehead atoms. The molecular weight excluding hydrogens is 294 g/mol. The van der Waals surface area contributed by atoms with Gasteiger partial charge in [0.15, 0.2) is 9.84 Å². The van der Waals surface area contributed by atoms with Crippen LogP contribution in [0.5, 0.6) is 0 Å². The van der Waals surface area contributed by atoms with Gasteiger partial charge in [-0.2, -0.15) is 0 Å². The van der Waals surface area contributed by atoms with Crippen molar-refractivity contribution in [2.75, 3.05) is 19.3 Å². The molecule has 0 aliphatic carbocycles. The first-order chi connectivity index (χ1) is 9.77. The van der Waals surface area contributed by atoms with Crippen molar-refractivity contribution >= 4 is 15.8 Å². The number of rotatable bonds is 4. The number of hydrogen-bond donors (Lipinski definition) is 2. The average molecular weight is 313 g/mol. The third-order valence-corrected chi connectivity index (χ3v) is 4.87. The predicted molar refractivity (Wildman–Crippen MR) is 76.6 cm³/mol. The molecule has 1 aliphatic rings. The quantitative estimate of drug-likeness (QED) is 0.833. The molecule has 21 heavy (non-hydrogen) atoms. The Bertz CT molecular complexity index is 611. The zero-order valence-corrected chi connectivity index (χ0v) is 12.6. The van der Waals surface area contributed by atoms with E-state index < -0.39 is 27.8 Å². The number of carboxylic acid groups (broad SMARTS) is 1. The Kier molecular flexibility index (Phi) is 4.65. The SMILES string of the molecule is CS(=O)(=O)c1ccc(CN2CC[C@H](C(=O)O)[C@H](O)C2)cc1. The van der Waals surface area contributed by atoms with Crippen LogP contribution in [0, 0.1) is 5.92 Å². The molecular formula is C14H19NO5S. The maximum atomic E-state index is 11.4. The van der Waals surface area contributed by atoms with E-state index in [1.165, 1.54) is 0 Å². The fourth-order valence-corrected chi connectivity index (χ4v) is 3.16. The van der Waals surface area contributed by atoms with Crippen LogP contribution < -0.4 is 0 Å². The normalized spacial score (nSPS) is 23.9. The minimum Gasteiger partial charge on any atom is -0.481 e.